The van der Waals surface area contributed by atoms with E-state index in [0.29, 0.717) is 0 Å². The van der Waals surface area contributed by atoms with Gasteiger partial charge in [-0.15, -0.1) is 0 Å². The zero-order valence-corrected chi connectivity index (χ0v) is 10.3. The first-order valence-corrected chi connectivity index (χ1v) is 5.61. The molecule has 90 valence electrons. The van der Waals surface area contributed by atoms with Gasteiger partial charge in [0.1, 0.15) is 11.3 Å². The first-order chi connectivity index (χ1) is 7.86. The average Bonchev–Trinajstić information content (AvgIpc) is 2.58. The highest BCUT2D eigenvalue weighted by atomic mass is 16.4. The standard InChI is InChI=1S/C14H16O3/c1-14(2,3)12-8-10-6-9(7-13(15)16)4-5-11(10)17-12/h4-6,8H,7H2,1-3H3,(H,15,16). The van der Waals surface area contributed by atoms with E-state index in [0.717, 1.165) is 22.3 Å². The quantitative estimate of drug-likeness (QED) is 0.863. The molecule has 17 heavy (non-hydrogen) atoms. The monoisotopic (exact) mass is 232 g/mol. The Morgan fingerprint density at radius 1 is 1.29 bits per heavy atom. The van der Waals surface area contributed by atoms with Crippen LogP contribution in [-0.2, 0) is 16.6 Å². The van der Waals surface area contributed by atoms with Gasteiger partial charge >= 0.3 is 5.97 Å². The van der Waals surface area contributed by atoms with Gasteiger partial charge < -0.3 is 9.52 Å². The summed E-state index contributed by atoms with van der Waals surface area (Å²) in [4.78, 5) is 10.6. The molecule has 0 saturated carbocycles. The number of hydrogen-bond acceptors (Lipinski definition) is 2. The Labute approximate surface area is 100 Å². The maximum atomic E-state index is 10.6. The van der Waals surface area contributed by atoms with E-state index in [9.17, 15) is 4.79 Å². The van der Waals surface area contributed by atoms with Gasteiger partial charge in [0.2, 0.25) is 0 Å². The van der Waals surface area contributed by atoms with Gasteiger partial charge in [0.15, 0.2) is 0 Å². The summed E-state index contributed by atoms with van der Waals surface area (Å²) in [6.45, 7) is 6.26. The smallest absolute Gasteiger partial charge is 0.307 e. The fraction of sp³-hybridized carbons (Fsp3) is 0.357. The van der Waals surface area contributed by atoms with Crippen molar-refractivity contribution in [1.82, 2.24) is 0 Å². The normalized spacial score (nSPS) is 11.9. The number of carboxylic acids is 1. The van der Waals surface area contributed by atoms with Crippen LogP contribution < -0.4 is 0 Å². The number of carbonyl (C=O) groups is 1. The van der Waals surface area contributed by atoms with Crippen LogP contribution in [0.1, 0.15) is 32.1 Å². The van der Waals surface area contributed by atoms with Gasteiger partial charge in [0, 0.05) is 10.8 Å². The van der Waals surface area contributed by atoms with Crippen LogP contribution in [0, 0.1) is 0 Å². The molecule has 1 N–H and O–H groups in total. The predicted molar refractivity (Wildman–Crippen MR) is 66.3 cm³/mol. The molecule has 0 atom stereocenters. The van der Waals surface area contributed by atoms with Crippen LogP contribution in [0.15, 0.2) is 28.7 Å². The van der Waals surface area contributed by atoms with Crippen molar-refractivity contribution in [3.63, 3.8) is 0 Å². The van der Waals surface area contributed by atoms with E-state index in [1.165, 1.54) is 0 Å². The van der Waals surface area contributed by atoms with Crippen LogP contribution in [0.5, 0.6) is 0 Å². The Kier molecular flexibility index (Phi) is 2.69. The molecule has 1 aromatic heterocycles. The summed E-state index contributed by atoms with van der Waals surface area (Å²) >= 11 is 0. The van der Waals surface area contributed by atoms with E-state index in [2.05, 4.69) is 20.8 Å². The molecule has 1 aromatic carbocycles. The Balaban J connectivity index is 2.44. The molecule has 0 aliphatic carbocycles. The van der Waals surface area contributed by atoms with Gasteiger partial charge in [-0.1, -0.05) is 26.8 Å². The summed E-state index contributed by atoms with van der Waals surface area (Å²) < 4.78 is 5.75. The van der Waals surface area contributed by atoms with Gasteiger partial charge in [-0.05, 0) is 23.8 Å². The fourth-order valence-corrected chi connectivity index (χ4v) is 1.75. The zero-order valence-electron chi connectivity index (χ0n) is 10.3. The average molecular weight is 232 g/mol. The van der Waals surface area contributed by atoms with Crippen molar-refractivity contribution in [3.05, 3.63) is 35.6 Å². The molecule has 0 bridgehead atoms. The van der Waals surface area contributed by atoms with Crippen molar-refractivity contribution >= 4 is 16.9 Å². The summed E-state index contributed by atoms with van der Waals surface area (Å²) in [6, 6.07) is 7.50. The molecule has 1 heterocycles. The number of rotatable bonds is 2. The molecule has 0 amide bonds. The van der Waals surface area contributed by atoms with Crippen molar-refractivity contribution in [1.29, 1.82) is 0 Å². The Hall–Kier alpha value is -1.77. The molecular weight excluding hydrogens is 216 g/mol. The molecule has 0 radical (unpaired) electrons. The second-order valence-corrected chi connectivity index (χ2v) is 5.30. The van der Waals surface area contributed by atoms with Crippen LogP contribution in [0.25, 0.3) is 11.0 Å². The summed E-state index contributed by atoms with van der Waals surface area (Å²) in [7, 11) is 0. The van der Waals surface area contributed by atoms with Crippen LogP contribution >= 0.6 is 0 Å². The molecule has 0 aliphatic heterocycles. The fourth-order valence-electron chi connectivity index (χ4n) is 1.75. The minimum atomic E-state index is -0.816. The summed E-state index contributed by atoms with van der Waals surface area (Å²) in [5, 5.41) is 9.72. The topological polar surface area (TPSA) is 50.4 Å². The van der Waals surface area contributed by atoms with Crippen molar-refractivity contribution < 1.29 is 14.3 Å². The summed E-state index contributed by atoms with van der Waals surface area (Å²) in [6.07, 6.45) is 0.0476. The number of hydrogen-bond donors (Lipinski definition) is 1. The third-order valence-electron chi connectivity index (χ3n) is 2.68. The first-order valence-electron chi connectivity index (χ1n) is 5.61. The number of aliphatic carboxylic acids is 1. The largest absolute Gasteiger partial charge is 0.481 e. The third kappa shape index (κ3) is 2.49. The van der Waals surface area contributed by atoms with E-state index in [4.69, 9.17) is 9.52 Å². The molecule has 0 fully saturated rings. The Morgan fingerprint density at radius 3 is 2.59 bits per heavy atom. The number of benzene rings is 1. The van der Waals surface area contributed by atoms with Crippen LogP contribution in [0.3, 0.4) is 0 Å². The van der Waals surface area contributed by atoms with Crippen LogP contribution in [-0.4, -0.2) is 11.1 Å². The first kappa shape index (κ1) is 11.7. The number of furan rings is 1. The second kappa shape index (κ2) is 3.91. The lowest BCUT2D eigenvalue weighted by Gasteiger charge is -2.13. The van der Waals surface area contributed by atoms with E-state index in [-0.39, 0.29) is 11.8 Å². The number of fused-ring (bicyclic) bond motifs is 1. The van der Waals surface area contributed by atoms with Gasteiger partial charge in [-0.25, -0.2) is 0 Å². The molecule has 2 rings (SSSR count). The predicted octanol–water partition coefficient (Wildman–Crippen LogP) is 3.36. The maximum Gasteiger partial charge on any atom is 0.307 e. The van der Waals surface area contributed by atoms with E-state index >= 15 is 0 Å². The minimum absolute atomic E-state index is 0.0357. The van der Waals surface area contributed by atoms with Crippen molar-refractivity contribution in [2.24, 2.45) is 0 Å². The van der Waals surface area contributed by atoms with E-state index < -0.39 is 5.97 Å². The summed E-state index contributed by atoms with van der Waals surface area (Å²) in [5.74, 6) is 0.101. The lowest BCUT2D eigenvalue weighted by atomic mass is 9.93. The van der Waals surface area contributed by atoms with Crippen LogP contribution in [0.2, 0.25) is 0 Å². The summed E-state index contributed by atoms with van der Waals surface area (Å²) in [5.41, 5.74) is 1.57. The van der Waals surface area contributed by atoms with E-state index in [1.807, 2.05) is 18.2 Å². The van der Waals surface area contributed by atoms with Gasteiger partial charge in [-0.2, -0.15) is 0 Å². The highest BCUT2D eigenvalue weighted by Gasteiger charge is 2.18. The second-order valence-electron chi connectivity index (χ2n) is 5.30. The third-order valence-corrected chi connectivity index (χ3v) is 2.68. The van der Waals surface area contributed by atoms with Gasteiger partial charge in [0.25, 0.3) is 0 Å². The molecule has 0 unspecified atom stereocenters. The molecule has 0 saturated heterocycles. The van der Waals surface area contributed by atoms with Crippen molar-refractivity contribution in [2.75, 3.05) is 0 Å². The maximum absolute atomic E-state index is 10.6. The van der Waals surface area contributed by atoms with E-state index in [1.54, 1.807) is 6.07 Å². The highest BCUT2D eigenvalue weighted by molar-refractivity contribution is 5.80. The van der Waals surface area contributed by atoms with Gasteiger partial charge in [-0.3, -0.25) is 4.79 Å². The Bertz CT molecular complexity index is 558. The Morgan fingerprint density at radius 2 is 2.00 bits per heavy atom. The lowest BCUT2D eigenvalue weighted by Crippen LogP contribution is -2.08. The molecule has 3 heteroatoms. The number of carboxylic acid groups (broad SMARTS) is 1. The lowest BCUT2D eigenvalue weighted by molar-refractivity contribution is -0.136. The molecule has 2 aromatic rings. The van der Waals surface area contributed by atoms with Crippen LogP contribution in [0.4, 0.5) is 0 Å². The SMILES string of the molecule is CC(C)(C)c1cc2cc(CC(=O)O)ccc2o1. The minimum Gasteiger partial charge on any atom is -0.481 e. The molecule has 0 spiro atoms. The molecule has 3 nitrogen and oxygen atoms in total. The molecular formula is C14H16O3. The van der Waals surface area contributed by atoms with Gasteiger partial charge in [0.05, 0.1) is 6.42 Å². The highest BCUT2D eigenvalue weighted by Crippen LogP contribution is 2.29. The zero-order chi connectivity index (χ0) is 12.6. The van der Waals surface area contributed by atoms with Crippen molar-refractivity contribution in [3.8, 4) is 0 Å². The molecule has 0 aliphatic rings. The van der Waals surface area contributed by atoms with Crippen molar-refractivity contribution in [2.45, 2.75) is 32.6 Å².